The molecule has 1 aromatic carbocycles. The lowest BCUT2D eigenvalue weighted by atomic mass is 9.58. The van der Waals surface area contributed by atoms with E-state index in [2.05, 4.69) is 5.48 Å². The number of amides is 1. The summed E-state index contributed by atoms with van der Waals surface area (Å²) in [6.45, 7) is 0.0826. The van der Waals surface area contributed by atoms with Gasteiger partial charge < -0.3 is 35.9 Å². The third kappa shape index (κ3) is 3.71. The molecule has 200 valence electrons. The topological polar surface area (TPSA) is 186 Å². The number of nitrogens with two attached hydrogens (primary N) is 1. The number of likely N-dealkylation sites (N-methyl/N-ethyl adjacent to an activating group) is 1. The first-order chi connectivity index (χ1) is 17.3. The Morgan fingerprint density at radius 3 is 2.41 bits per heavy atom. The highest BCUT2D eigenvalue weighted by molar-refractivity contribution is 6.24. The third-order valence-corrected chi connectivity index (χ3v) is 7.67. The lowest BCUT2D eigenvalue weighted by Gasteiger charge is -2.50. The summed E-state index contributed by atoms with van der Waals surface area (Å²) < 4.78 is 0. The van der Waals surface area contributed by atoms with E-state index in [1.807, 2.05) is 0 Å². The number of hydrogen-bond acceptors (Lipinski definition) is 11. The van der Waals surface area contributed by atoms with Crippen LogP contribution in [0.3, 0.4) is 0 Å². The van der Waals surface area contributed by atoms with Crippen LogP contribution < -0.4 is 16.1 Å². The second-order valence-corrected chi connectivity index (χ2v) is 10.1. The molecule has 4 rings (SSSR count). The van der Waals surface area contributed by atoms with Crippen LogP contribution in [0.15, 0.2) is 28.7 Å². The molecule has 12 nitrogen and oxygen atoms in total. The number of primary amides is 1. The van der Waals surface area contributed by atoms with E-state index < -0.39 is 58.0 Å². The van der Waals surface area contributed by atoms with Crippen molar-refractivity contribution in [1.29, 1.82) is 0 Å². The molecule has 0 saturated carbocycles. The summed E-state index contributed by atoms with van der Waals surface area (Å²) >= 11 is 0. The molecule has 1 amide bonds. The first-order valence-electron chi connectivity index (χ1n) is 11.7. The van der Waals surface area contributed by atoms with E-state index in [4.69, 9.17) is 10.6 Å². The van der Waals surface area contributed by atoms with Gasteiger partial charge >= 0.3 is 0 Å². The molecule has 0 aliphatic heterocycles. The number of hydrogen-bond donors (Lipinski definition) is 6. The average molecular weight is 517 g/mol. The molecule has 1 aromatic rings. The van der Waals surface area contributed by atoms with Crippen molar-refractivity contribution in [1.82, 2.24) is 10.4 Å². The summed E-state index contributed by atoms with van der Waals surface area (Å²) in [4.78, 5) is 47.5. The monoisotopic (exact) mass is 516 g/mol. The number of phenolic OH excluding ortho intramolecular Hbond substituents is 1. The van der Waals surface area contributed by atoms with Crippen molar-refractivity contribution in [3.8, 4) is 5.75 Å². The quantitative estimate of drug-likeness (QED) is 0.218. The SMILES string of the molecule is CONCc1cc(N(C)C)c2c(c1O)C(=O)C1=C(O)[C@]3(O)C(=O)C(C(N)=O)=C(O)[C@@H](N(C)C)[C@@H]3C[C@@H]1C2. The van der Waals surface area contributed by atoms with Crippen molar-refractivity contribution >= 4 is 23.2 Å². The highest BCUT2D eigenvalue weighted by Crippen LogP contribution is 2.53. The molecule has 0 unspecified atom stereocenters. The minimum atomic E-state index is -2.67. The minimum Gasteiger partial charge on any atom is -0.510 e. The summed E-state index contributed by atoms with van der Waals surface area (Å²) in [6.07, 6.45) is 0.250. The van der Waals surface area contributed by atoms with Gasteiger partial charge in [0.05, 0.1) is 18.7 Å². The number of aliphatic hydroxyl groups excluding tert-OH is 2. The average Bonchev–Trinajstić information content (AvgIpc) is 2.80. The van der Waals surface area contributed by atoms with Gasteiger partial charge in [-0.2, -0.15) is 5.48 Å². The van der Waals surface area contributed by atoms with Crippen LogP contribution in [-0.2, 0) is 27.4 Å². The number of ketones is 2. The highest BCUT2D eigenvalue weighted by Gasteiger charge is 2.63. The van der Waals surface area contributed by atoms with Crippen LogP contribution >= 0.6 is 0 Å². The number of hydroxylamine groups is 1. The number of Topliss-reactive ketones (excluding diaryl/α,β-unsaturated/α-hetero) is 2. The van der Waals surface area contributed by atoms with Crippen molar-refractivity contribution in [2.45, 2.75) is 31.0 Å². The summed E-state index contributed by atoms with van der Waals surface area (Å²) in [6, 6.07) is 0.705. The smallest absolute Gasteiger partial charge is 0.255 e. The number of phenols is 1. The van der Waals surface area contributed by atoms with Gasteiger partial charge in [0.1, 0.15) is 22.8 Å². The van der Waals surface area contributed by atoms with Crippen molar-refractivity contribution in [2.24, 2.45) is 17.6 Å². The van der Waals surface area contributed by atoms with Gasteiger partial charge in [-0.15, -0.1) is 0 Å². The van der Waals surface area contributed by atoms with Crippen LogP contribution in [0, 0.1) is 11.8 Å². The molecular formula is C25H32N4O8. The fourth-order valence-corrected chi connectivity index (χ4v) is 6.04. The minimum absolute atomic E-state index is 0.0341. The maximum absolute atomic E-state index is 13.9. The number of aliphatic hydroxyl groups is 3. The second kappa shape index (κ2) is 9.14. The largest absolute Gasteiger partial charge is 0.510 e. The number of rotatable bonds is 6. The molecule has 7 N–H and O–H groups in total. The van der Waals surface area contributed by atoms with Gasteiger partial charge in [0.25, 0.3) is 5.91 Å². The molecular weight excluding hydrogens is 484 g/mol. The highest BCUT2D eigenvalue weighted by atomic mass is 16.6. The molecule has 0 heterocycles. The van der Waals surface area contributed by atoms with Crippen LogP contribution in [0.5, 0.6) is 5.75 Å². The molecule has 0 radical (unpaired) electrons. The van der Waals surface area contributed by atoms with Crippen molar-refractivity contribution in [3.05, 3.63) is 45.4 Å². The van der Waals surface area contributed by atoms with Gasteiger partial charge in [0.15, 0.2) is 11.4 Å². The lowest BCUT2D eigenvalue weighted by Crippen LogP contribution is -2.63. The number of anilines is 1. The maximum Gasteiger partial charge on any atom is 0.255 e. The summed E-state index contributed by atoms with van der Waals surface area (Å²) in [7, 11) is 8.18. The predicted octanol–water partition coefficient (Wildman–Crippen LogP) is -0.162. The zero-order chi connectivity index (χ0) is 27.6. The molecule has 0 saturated heterocycles. The Kier molecular flexibility index (Phi) is 6.57. The number of fused-ring (bicyclic) bond motifs is 3. The van der Waals surface area contributed by atoms with E-state index >= 15 is 0 Å². The Hall–Kier alpha value is -3.45. The first kappa shape index (κ1) is 26.6. The normalized spacial score (nSPS) is 27.3. The van der Waals surface area contributed by atoms with Crippen LogP contribution in [-0.4, -0.2) is 89.7 Å². The number of carbonyl (C=O) groups is 3. The van der Waals surface area contributed by atoms with Crippen molar-refractivity contribution in [2.75, 3.05) is 40.2 Å². The Bertz CT molecular complexity index is 1270. The molecule has 37 heavy (non-hydrogen) atoms. The van der Waals surface area contributed by atoms with E-state index in [1.54, 1.807) is 39.2 Å². The third-order valence-electron chi connectivity index (χ3n) is 7.67. The Morgan fingerprint density at radius 1 is 1.22 bits per heavy atom. The maximum atomic E-state index is 13.9. The number of allylic oxidation sites excluding steroid dienone is 1. The fraction of sp³-hybridized carbons (Fsp3) is 0.480. The molecule has 0 aromatic heterocycles. The predicted molar refractivity (Wildman–Crippen MR) is 132 cm³/mol. The second-order valence-electron chi connectivity index (χ2n) is 10.1. The fourth-order valence-electron chi connectivity index (χ4n) is 6.04. The van der Waals surface area contributed by atoms with E-state index in [0.717, 1.165) is 0 Å². The molecule has 3 aliphatic rings. The Labute approximate surface area is 213 Å². The molecule has 0 bridgehead atoms. The van der Waals surface area contributed by atoms with Gasteiger partial charge in [-0.1, -0.05) is 0 Å². The van der Waals surface area contributed by atoms with Crippen LogP contribution in [0.4, 0.5) is 5.69 Å². The van der Waals surface area contributed by atoms with E-state index in [-0.39, 0.29) is 36.3 Å². The molecule has 4 atom stereocenters. The van der Waals surface area contributed by atoms with Gasteiger partial charge in [0, 0.05) is 43.4 Å². The van der Waals surface area contributed by atoms with E-state index in [1.165, 1.54) is 12.0 Å². The molecule has 0 fully saturated rings. The number of benzene rings is 1. The number of aromatic hydroxyl groups is 1. The summed E-state index contributed by atoms with van der Waals surface area (Å²) in [5.74, 6) is -6.75. The van der Waals surface area contributed by atoms with Crippen LogP contribution in [0.25, 0.3) is 0 Å². The van der Waals surface area contributed by atoms with Crippen LogP contribution in [0.2, 0.25) is 0 Å². The molecule has 3 aliphatic carbocycles. The summed E-state index contributed by atoms with van der Waals surface area (Å²) in [5, 5.41) is 44.9. The van der Waals surface area contributed by atoms with Gasteiger partial charge in [0.2, 0.25) is 5.78 Å². The Morgan fingerprint density at radius 2 is 1.86 bits per heavy atom. The van der Waals surface area contributed by atoms with Gasteiger partial charge in [-0.3, -0.25) is 19.3 Å². The standard InChI is InChI=1S/C25H32N4O8/c1-28(2)14-8-11(9-27-37-5)19(30)16-12(14)6-10-7-13-18(29(3)4)21(32)17(24(26)35)23(34)25(13,36)22(33)15(10)20(16)31/h8,10,13,18,27,30,32-33,36H,6-7,9H2,1-5H3,(H2,26,35)/t10-,13-,18-,25-/m0/s1. The van der Waals surface area contributed by atoms with Crippen molar-refractivity contribution in [3.63, 3.8) is 0 Å². The Balaban J connectivity index is 1.96. The number of nitrogens with zero attached hydrogens (tertiary/aromatic N) is 2. The zero-order valence-corrected chi connectivity index (χ0v) is 21.3. The lowest BCUT2D eigenvalue weighted by molar-refractivity contribution is -0.148. The van der Waals surface area contributed by atoms with Gasteiger partial charge in [-0.25, -0.2) is 0 Å². The zero-order valence-electron chi connectivity index (χ0n) is 21.3. The van der Waals surface area contributed by atoms with E-state index in [0.29, 0.717) is 16.8 Å². The molecule has 0 spiro atoms. The number of carbonyl (C=O) groups excluding carboxylic acids is 3. The van der Waals surface area contributed by atoms with E-state index in [9.17, 15) is 34.8 Å². The first-order valence-corrected chi connectivity index (χ1v) is 11.7. The van der Waals surface area contributed by atoms with Gasteiger partial charge in [-0.05, 0) is 44.5 Å². The van der Waals surface area contributed by atoms with Crippen molar-refractivity contribution < 1.29 is 39.6 Å². The summed E-state index contributed by atoms with van der Waals surface area (Å²) in [5.41, 5.74) is 5.85. The number of nitrogens with one attached hydrogen (secondary N) is 1. The van der Waals surface area contributed by atoms with Crippen LogP contribution in [0.1, 0.15) is 27.9 Å². The molecule has 12 heteroatoms.